The fourth-order valence-corrected chi connectivity index (χ4v) is 6.48. The average Bonchev–Trinajstić information content (AvgIpc) is 3.07. The highest BCUT2D eigenvalue weighted by Crippen LogP contribution is 2.44. The van der Waals surface area contributed by atoms with Crippen LogP contribution in [0.5, 0.6) is 0 Å². The second-order valence-corrected chi connectivity index (χ2v) is 11.7. The molecule has 0 aliphatic rings. The molecule has 0 saturated heterocycles. The molecule has 0 unspecified atom stereocenters. The lowest BCUT2D eigenvalue weighted by Crippen LogP contribution is -1.97. The summed E-state index contributed by atoms with van der Waals surface area (Å²) in [6, 6.07) is 53.9. The van der Waals surface area contributed by atoms with E-state index in [4.69, 9.17) is 5.73 Å². The van der Waals surface area contributed by atoms with Crippen molar-refractivity contribution in [3.05, 3.63) is 173 Å². The van der Waals surface area contributed by atoms with Crippen LogP contribution in [0.2, 0.25) is 0 Å². The van der Waals surface area contributed by atoms with Crippen molar-refractivity contribution >= 4 is 43.2 Å². The third kappa shape index (κ3) is 5.38. The average molecular weight is 617 g/mol. The third-order valence-electron chi connectivity index (χ3n) is 8.21. The van der Waals surface area contributed by atoms with Gasteiger partial charge in [0.05, 0.1) is 0 Å². The van der Waals surface area contributed by atoms with Crippen molar-refractivity contribution in [2.75, 3.05) is 0 Å². The maximum absolute atomic E-state index is 6.58. The van der Waals surface area contributed by atoms with Crippen LogP contribution in [0, 0.1) is 0 Å². The number of hydrogen-bond acceptors (Lipinski definition) is 1. The first-order chi connectivity index (χ1) is 21.2. The second kappa shape index (κ2) is 11.8. The molecule has 2 heteroatoms. The van der Waals surface area contributed by atoms with Gasteiger partial charge in [0.2, 0.25) is 0 Å². The Labute approximate surface area is 261 Å². The van der Waals surface area contributed by atoms with E-state index in [1.807, 2.05) is 6.07 Å². The van der Waals surface area contributed by atoms with E-state index in [1.54, 1.807) is 0 Å². The molecule has 206 valence electrons. The number of halogens is 1. The molecule has 0 aliphatic carbocycles. The lowest BCUT2D eigenvalue weighted by atomic mass is 9.87. The Kier molecular flexibility index (Phi) is 7.37. The molecular weight excluding hydrogens is 586 g/mol. The standard InChI is InChI=1S/C41H30BrN/c42-38-26-24-32-11-5-7-13-36(32)41(38)40-35-12-6-4-10-31(35)23-25-37(40)33-19-21-34(22-20-33)39(43)27-16-28-14-17-30(18-15-28)29-8-2-1-3-9-29/h1-15,17-27H,16,43H2/b39-27-. The predicted octanol–water partition coefficient (Wildman–Crippen LogP) is 11.3. The van der Waals surface area contributed by atoms with Crippen LogP contribution in [-0.2, 0) is 6.42 Å². The van der Waals surface area contributed by atoms with E-state index in [9.17, 15) is 0 Å². The maximum atomic E-state index is 6.58. The highest BCUT2D eigenvalue weighted by molar-refractivity contribution is 9.10. The number of fused-ring (bicyclic) bond motifs is 2. The molecular formula is C41H30BrN. The van der Waals surface area contributed by atoms with Crippen LogP contribution < -0.4 is 5.73 Å². The van der Waals surface area contributed by atoms with Gasteiger partial charge < -0.3 is 5.73 Å². The number of hydrogen-bond donors (Lipinski definition) is 1. The van der Waals surface area contributed by atoms with Crippen molar-refractivity contribution in [2.24, 2.45) is 5.73 Å². The molecule has 43 heavy (non-hydrogen) atoms. The van der Waals surface area contributed by atoms with Crippen molar-refractivity contribution in [2.45, 2.75) is 6.42 Å². The second-order valence-electron chi connectivity index (χ2n) is 10.9. The normalized spacial score (nSPS) is 11.7. The molecule has 2 N–H and O–H groups in total. The van der Waals surface area contributed by atoms with Gasteiger partial charge in [-0.05, 0) is 73.0 Å². The minimum absolute atomic E-state index is 0.784. The van der Waals surface area contributed by atoms with E-state index in [2.05, 4.69) is 168 Å². The Morgan fingerprint density at radius 3 is 1.77 bits per heavy atom. The van der Waals surface area contributed by atoms with Gasteiger partial charge in [0, 0.05) is 15.7 Å². The molecule has 7 rings (SSSR count). The summed E-state index contributed by atoms with van der Waals surface area (Å²) < 4.78 is 1.09. The Morgan fingerprint density at radius 2 is 1.07 bits per heavy atom. The summed E-state index contributed by atoms with van der Waals surface area (Å²) in [7, 11) is 0. The summed E-state index contributed by atoms with van der Waals surface area (Å²) in [4.78, 5) is 0. The summed E-state index contributed by atoms with van der Waals surface area (Å²) in [6.07, 6.45) is 2.90. The highest BCUT2D eigenvalue weighted by atomic mass is 79.9. The van der Waals surface area contributed by atoms with Crippen molar-refractivity contribution in [1.29, 1.82) is 0 Å². The van der Waals surface area contributed by atoms with Crippen LogP contribution in [0.1, 0.15) is 11.1 Å². The molecule has 7 aromatic rings. The SMILES string of the molecule is N/C(=C\Cc1ccc(-c2ccccc2)cc1)c1ccc(-c2ccc3ccccc3c2-c2c(Br)ccc3ccccc23)cc1. The monoisotopic (exact) mass is 615 g/mol. The summed E-state index contributed by atoms with van der Waals surface area (Å²) in [5.41, 5.74) is 16.9. The number of rotatable bonds is 6. The summed E-state index contributed by atoms with van der Waals surface area (Å²) in [6.45, 7) is 0. The molecule has 1 nitrogen and oxygen atoms in total. The molecule has 7 aromatic carbocycles. The van der Waals surface area contributed by atoms with E-state index >= 15 is 0 Å². The molecule has 0 amide bonds. The number of benzene rings is 7. The van der Waals surface area contributed by atoms with Gasteiger partial charge in [-0.15, -0.1) is 0 Å². The lowest BCUT2D eigenvalue weighted by Gasteiger charge is -2.18. The molecule has 0 aliphatic heterocycles. The van der Waals surface area contributed by atoms with Crippen LogP contribution in [0.25, 0.3) is 60.6 Å². The Hall–Kier alpha value is -4.92. The van der Waals surface area contributed by atoms with E-state index in [1.165, 1.54) is 54.9 Å². The summed E-state index contributed by atoms with van der Waals surface area (Å²) in [5, 5.41) is 4.91. The first kappa shape index (κ1) is 26.9. The van der Waals surface area contributed by atoms with Gasteiger partial charge in [-0.25, -0.2) is 0 Å². The van der Waals surface area contributed by atoms with Gasteiger partial charge in [0.15, 0.2) is 0 Å². The largest absolute Gasteiger partial charge is 0.398 e. The van der Waals surface area contributed by atoms with E-state index in [0.29, 0.717) is 0 Å². The molecule has 0 bridgehead atoms. The minimum atomic E-state index is 0.784. The Balaban J connectivity index is 1.22. The van der Waals surface area contributed by atoms with Crippen LogP contribution in [-0.4, -0.2) is 0 Å². The van der Waals surface area contributed by atoms with Gasteiger partial charge in [0.25, 0.3) is 0 Å². The zero-order valence-electron chi connectivity index (χ0n) is 23.7. The molecule has 0 radical (unpaired) electrons. The maximum Gasteiger partial charge on any atom is 0.0350 e. The molecule has 0 saturated carbocycles. The number of allylic oxidation sites excluding steroid dienone is 1. The molecule has 0 spiro atoms. The highest BCUT2D eigenvalue weighted by Gasteiger charge is 2.17. The summed E-state index contributed by atoms with van der Waals surface area (Å²) >= 11 is 3.91. The fourth-order valence-electron chi connectivity index (χ4n) is 5.93. The van der Waals surface area contributed by atoms with Crippen LogP contribution in [0.3, 0.4) is 0 Å². The van der Waals surface area contributed by atoms with E-state index in [0.717, 1.165) is 27.7 Å². The van der Waals surface area contributed by atoms with E-state index in [-0.39, 0.29) is 0 Å². The molecule has 0 aromatic heterocycles. The zero-order valence-corrected chi connectivity index (χ0v) is 25.3. The Morgan fingerprint density at radius 1 is 0.512 bits per heavy atom. The quantitative estimate of drug-likeness (QED) is 0.198. The fraction of sp³-hybridized carbons (Fsp3) is 0.0244. The van der Waals surface area contributed by atoms with Crippen LogP contribution in [0.4, 0.5) is 0 Å². The first-order valence-electron chi connectivity index (χ1n) is 14.6. The first-order valence-corrected chi connectivity index (χ1v) is 15.4. The van der Waals surface area contributed by atoms with Gasteiger partial charge in [-0.3, -0.25) is 0 Å². The molecule has 0 atom stereocenters. The lowest BCUT2D eigenvalue weighted by molar-refractivity contribution is 1.26. The number of nitrogens with two attached hydrogens (primary N) is 1. The molecule has 0 fully saturated rings. The minimum Gasteiger partial charge on any atom is -0.398 e. The van der Waals surface area contributed by atoms with Gasteiger partial charge in [0.1, 0.15) is 0 Å². The van der Waals surface area contributed by atoms with E-state index < -0.39 is 0 Å². The topological polar surface area (TPSA) is 26.0 Å². The van der Waals surface area contributed by atoms with Crippen molar-refractivity contribution in [1.82, 2.24) is 0 Å². The van der Waals surface area contributed by atoms with Crippen LogP contribution >= 0.6 is 15.9 Å². The summed E-state index contributed by atoms with van der Waals surface area (Å²) in [5.74, 6) is 0. The predicted molar refractivity (Wildman–Crippen MR) is 188 cm³/mol. The van der Waals surface area contributed by atoms with Gasteiger partial charge in [-0.2, -0.15) is 0 Å². The van der Waals surface area contributed by atoms with Crippen molar-refractivity contribution in [3.8, 4) is 33.4 Å². The van der Waals surface area contributed by atoms with Crippen molar-refractivity contribution in [3.63, 3.8) is 0 Å². The smallest absolute Gasteiger partial charge is 0.0350 e. The Bertz CT molecular complexity index is 2090. The zero-order chi connectivity index (χ0) is 29.2. The third-order valence-corrected chi connectivity index (χ3v) is 8.87. The van der Waals surface area contributed by atoms with Crippen molar-refractivity contribution < 1.29 is 0 Å². The van der Waals surface area contributed by atoms with Gasteiger partial charge in [-0.1, -0.05) is 168 Å². The molecule has 0 heterocycles. The van der Waals surface area contributed by atoms with Crippen LogP contribution in [0.15, 0.2) is 162 Å². The van der Waals surface area contributed by atoms with Gasteiger partial charge >= 0.3 is 0 Å².